The number of thioether (sulfide) groups is 1. The normalized spacial score (nSPS) is 14.0. The Bertz CT molecular complexity index is 1290. The molecule has 3 aromatic carbocycles. The van der Waals surface area contributed by atoms with E-state index in [1.807, 2.05) is 35.4 Å². The number of sulfonamides is 1. The van der Waals surface area contributed by atoms with Gasteiger partial charge in [-0.3, -0.25) is 9.10 Å². The van der Waals surface area contributed by atoms with E-state index in [4.69, 9.17) is 4.74 Å². The Morgan fingerprint density at radius 1 is 0.944 bits per heavy atom. The number of carbonyl (C=O) groups excluding carboxylic acids is 1. The molecule has 0 aromatic heterocycles. The smallest absolute Gasteiger partial charge is 0.264 e. The Labute approximate surface area is 217 Å². The van der Waals surface area contributed by atoms with E-state index >= 15 is 0 Å². The number of methoxy groups -OCH3 is 1. The first-order valence-electron chi connectivity index (χ1n) is 11.8. The second-order valence-electron chi connectivity index (χ2n) is 8.34. The Balaban J connectivity index is 1.44. The van der Waals surface area contributed by atoms with Gasteiger partial charge in [0, 0.05) is 43.2 Å². The maximum Gasteiger partial charge on any atom is 0.264 e. The third kappa shape index (κ3) is 5.32. The number of amides is 1. The van der Waals surface area contributed by atoms with Gasteiger partial charge in [-0.1, -0.05) is 12.1 Å². The van der Waals surface area contributed by atoms with E-state index in [-0.39, 0.29) is 17.3 Å². The summed E-state index contributed by atoms with van der Waals surface area (Å²) in [5, 5.41) is 0. The molecule has 1 saturated heterocycles. The minimum absolute atomic E-state index is 0.0558. The summed E-state index contributed by atoms with van der Waals surface area (Å²) in [6, 6.07) is 21.6. The maximum absolute atomic E-state index is 13.3. The molecule has 0 unspecified atom stereocenters. The Morgan fingerprint density at radius 3 is 2.17 bits per heavy atom. The van der Waals surface area contributed by atoms with Gasteiger partial charge in [-0.2, -0.15) is 0 Å². The van der Waals surface area contributed by atoms with Gasteiger partial charge in [-0.05, 0) is 73.8 Å². The average Bonchev–Trinajstić information content (AvgIpc) is 2.93. The molecule has 1 aliphatic rings. The van der Waals surface area contributed by atoms with Crippen molar-refractivity contribution < 1.29 is 17.9 Å². The van der Waals surface area contributed by atoms with Gasteiger partial charge in [0.1, 0.15) is 5.75 Å². The summed E-state index contributed by atoms with van der Waals surface area (Å²) >= 11 is 1.56. The number of benzene rings is 3. The Kier molecular flexibility index (Phi) is 8.11. The largest absolute Gasteiger partial charge is 0.495 e. The molecule has 0 radical (unpaired) electrons. The molecule has 36 heavy (non-hydrogen) atoms. The Morgan fingerprint density at radius 2 is 1.58 bits per heavy atom. The standard InChI is InChI=1S/C27H31N3O4S2/c1-4-30(36(32,33)24-15-13-23(35-3)14-16-24)22-11-9-21(10-12-22)27(31)29-19-17-28(18-20-29)25-7-5-6-8-26(25)34-2/h5-16H,4,17-20H2,1-3H3. The molecule has 0 N–H and O–H groups in total. The van der Waals surface area contributed by atoms with Crippen molar-refractivity contribution in [3.8, 4) is 5.75 Å². The fourth-order valence-corrected chi connectivity index (χ4v) is 6.24. The lowest BCUT2D eigenvalue weighted by Crippen LogP contribution is -2.48. The first-order chi connectivity index (χ1) is 17.4. The monoisotopic (exact) mass is 525 g/mol. The molecular weight excluding hydrogens is 494 g/mol. The van der Waals surface area contributed by atoms with Gasteiger partial charge in [-0.15, -0.1) is 11.8 Å². The van der Waals surface area contributed by atoms with Gasteiger partial charge < -0.3 is 14.5 Å². The van der Waals surface area contributed by atoms with Crippen molar-refractivity contribution >= 4 is 39.1 Å². The van der Waals surface area contributed by atoms with Gasteiger partial charge in [0.25, 0.3) is 15.9 Å². The SMILES string of the molecule is CCN(c1ccc(C(=O)N2CCN(c3ccccc3OC)CC2)cc1)S(=O)(=O)c1ccc(SC)cc1. The van der Waals surface area contributed by atoms with Crippen LogP contribution in [-0.4, -0.2) is 65.3 Å². The molecule has 1 heterocycles. The molecule has 4 rings (SSSR count). The van der Waals surface area contributed by atoms with Crippen LogP contribution in [0.4, 0.5) is 11.4 Å². The first kappa shape index (κ1) is 25.9. The van der Waals surface area contributed by atoms with E-state index in [2.05, 4.69) is 4.90 Å². The zero-order valence-electron chi connectivity index (χ0n) is 20.8. The average molecular weight is 526 g/mol. The number of anilines is 2. The lowest BCUT2D eigenvalue weighted by atomic mass is 10.1. The number of hydrogen-bond donors (Lipinski definition) is 0. The zero-order valence-corrected chi connectivity index (χ0v) is 22.4. The van der Waals surface area contributed by atoms with Crippen LogP contribution in [0.5, 0.6) is 5.75 Å². The van der Waals surface area contributed by atoms with Gasteiger partial charge in [0.05, 0.1) is 23.4 Å². The van der Waals surface area contributed by atoms with Crippen LogP contribution in [0.15, 0.2) is 82.6 Å². The van der Waals surface area contributed by atoms with Crippen molar-refractivity contribution in [2.75, 3.05) is 55.3 Å². The summed E-state index contributed by atoms with van der Waals surface area (Å²) in [4.78, 5) is 18.5. The second-order valence-corrected chi connectivity index (χ2v) is 11.1. The molecule has 1 aliphatic heterocycles. The van der Waals surface area contributed by atoms with Crippen LogP contribution in [0, 0.1) is 0 Å². The van der Waals surface area contributed by atoms with E-state index in [0.717, 1.165) is 16.3 Å². The Hall–Kier alpha value is -3.17. The van der Waals surface area contributed by atoms with Crippen molar-refractivity contribution in [3.63, 3.8) is 0 Å². The van der Waals surface area contributed by atoms with Crippen LogP contribution in [0.3, 0.4) is 0 Å². The van der Waals surface area contributed by atoms with E-state index < -0.39 is 10.0 Å². The molecule has 7 nitrogen and oxygen atoms in total. The number of carbonyl (C=O) groups is 1. The highest BCUT2D eigenvalue weighted by Gasteiger charge is 2.26. The molecule has 0 atom stereocenters. The minimum atomic E-state index is -3.71. The highest BCUT2D eigenvalue weighted by atomic mass is 32.2. The maximum atomic E-state index is 13.3. The van der Waals surface area contributed by atoms with E-state index in [1.54, 1.807) is 74.3 Å². The number of ether oxygens (including phenoxy) is 1. The van der Waals surface area contributed by atoms with Crippen molar-refractivity contribution in [2.24, 2.45) is 0 Å². The van der Waals surface area contributed by atoms with Gasteiger partial charge in [-0.25, -0.2) is 8.42 Å². The van der Waals surface area contributed by atoms with Crippen LogP contribution in [0.2, 0.25) is 0 Å². The van der Waals surface area contributed by atoms with Gasteiger partial charge in [0.2, 0.25) is 0 Å². The fraction of sp³-hybridized carbons (Fsp3) is 0.296. The van der Waals surface area contributed by atoms with Crippen LogP contribution >= 0.6 is 11.8 Å². The quantitative estimate of drug-likeness (QED) is 0.401. The molecule has 0 aliphatic carbocycles. The van der Waals surface area contributed by atoms with Crippen LogP contribution in [0.1, 0.15) is 17.3 Å². The predicted molar refractivity (Wildman–Crippen MR) is 146 cm³/mol. The second kappa shape index (κ2) is 11.3. The third-order valence-electron chi connectivity index (χ3n) is 6.33. The van der Waals surface area contributed by atoms with Crippen molar-refractivity contribution in [3.05, 3.63) is 78.4 Å². The summed E-state index contributed by atoms with van der Waals surface area (Å²) in [6.45, 7) is 4.70. The summed E-state index contributed by atoms with van der Waals surface area (Å²) in [5.41, 5.74) is 2.10. The molecule has 3 aromatic rings. The lowest BCUT2D eigenvalue weighted by Gasteiger charge is -2.36. The van der Waals surface area contributed by atoms with Crippen LogP contribution < -0.4 is 13.9 Å². The first-order valence-corrected chi connectivity index (χ1v) is 14.5. The molecule has 190 valence electrons. The number of rotatable bonds is 8. The summed E-state index contributed by atoms with van der Waals surface area (Å²) in [6.07, 6.45) is 1.95. The molecule has 1 fully saturated rings. The summed E-state index contributed by atoms with van der Waals surface area (Å²) < 4.78 is 33.3. The summed E-state index contributed by atoms with van der Waals surface area (Å²) in [7, 11) is -2.05. The van der Waals surface area contributed by atoms with Crippen molar-refractivity contribution in [2.45, 2.75) is 16.7 Å². The lowest BCUT2D eigenvalue weighted by molar-refractivity contribution is 0.0746. The third-order valence-corrected chi connectivity index (χ3v) is 8.99. The summed E-state index contributed by atoms with van der Waals surface area (Å²) in [5.74, 6) is 0.767. The van der Waals surface area contributed by atoms with E-state index in [1.165, 1.54) is 4.31 Å². The zero-order chi connectivity index (χ0) is 25.7. The van der Waals surface area contributed by atoms with Crippen LogP contribution in [0.25, 0.3) is 0 Å². The van der Waals surface area contributed by atoms with Crippen molar-refractivity contribution in [1.29, 1.82) is 0 Å². The van der Waals surface area contributed by atoms with E-state index in [0.29, 0.717) is 37.4 Å². The van der Waals surface area contributed by atoms with Crippen molar-refractivity contribution in [1.82, 2.24) is 4.90 Å². The number of para-hydroxylation sites is 2. The number of hydrogen-bond acceptors (Lipinski definition) is 6. The topological polar surface area (TPSA) is 70.2 Å². The number of nitrogens with zero attached hydrogens (tertiary/aromatic N) is 3. The molecule has 0 spiro atoms. The molecule has 9 heteroatoms. The highest BCUT2D eigenvalue weighted by molar-refractivity contribution is 7.98. The predicted octanol–water partition coefficient (Wildman–Crippen LogP) is 4.59. The van der Waals surface area contributed by atoms with Gasteiger partial charge in [0.15, 0.2) is 0 Å². The van der Waals surface area contributed by atoms with Gasteiger partial charge >= 0.3 is 0 Å². The fourth-order valence-electron chi connectivity index (χ4n) is 4.36. The molecule has 0 bridgehead atoms. The molecule has 1 amide bonds. The van der Waals surface area contributed by atoms with E-state index in [9.17, 15) is 13.2 Å². The number of piperazine rings is 1. The highest BCUT2D eigenvalue weighted by Crippen LogP contribution is 2.29. The van der Waals surface area contributed by atoms with Crippen LogP contribution in [-0.2, 0) is 10.0 Å². The molecular formula is C27H31N3O4S2. The minimum Gasteiger partial charge on any atom is -0.495 e. The molecule has 0 saturated carbocycles.